The molecule has 0 atom stereocenters. The van der Waals surface area contributed by atoms with Crippen molar-refractivity contribution in [2.45, 2.75) is 25.2 Å². The zero-order valence-corrected chi connectivity index (χ0v) is 9.49. The molecular formula is C14H15NO. The molecule has 0 spiro atoms. The van der Waals surface area contributed by atoms with Gasteiger partial charge in [-0.25, -0.2) is 0 Å². The van der Waals surface area contributed by atoms with E-state index in [0.717, 1.165) is 12.8 Å². The summed E-state index contributed by atoms with van der Waals surface area (Å²) >= 11 is 0. The third-order valence-electron chi connectivity index (χ3n) is 4.18. The van der Waals surface area contributed by atoms with Gasteiger partial charge in [-0.2, -0.15) is 5.26 Å². The van der Waals surface area contributed by atoms with Crippen molar-refractivity contribution in [1.82, 2.24) is 0 Å². The van der Waals surface area contributed by atoms with Crippen LogP contribution in [0.1, 0.15) is 24.0 Å². The molecule has 2 nitrogen and oxygen atoms in total. The second kappa shape index (κ2) is 3.09. The zero-order valence-electron chi connectivity index (χ0n) is 9.49. The van der Waals surface area contributed by atoms with Crippen molar-refractivity contribution in [3.63, 3.8) is 0 Å². The Hall–Kier alpha value is -1.33. The predicted molar refractivity (Wildman–Crippen MR) is 61.0 cm³/mol. The number of hydrogen-bond acceptors (Lipinski definition) is 2. The van der Waals surface area contributed by atoms with E-state index in [4.69, 9.17) is 4.74 Å². The summed E-state index contributed by atoms with van der Waals surface area (Å²) in [6, 6.07) is 11.1. The summed E-state index contributed by atoms with van der Waals surface area (Å²) < 4.78 is 5.40. The van der Waals surface area contributed by atoms with Gasteiger partial charge in [0.05, 0.1) is 30.1 Å². The van der Waals surface area contributed by atoms with Gasteiger partial charge in [0.15, 0.2) is 0 Å². The third-order valence-corrected chi connectivity index (χ3v) is 4.18. The molecule has 0 unspecified atom stereocenters. The summed E-state index contributed by atoms with van der Waals surface area (Å²) in [5.41, 5.74) is 2.39. The molecule has 1 aromatic rings. The van der Waals surface area contributed by atoms with E-state index in [9.17, 15) is 5.26 Å². The lowest BCUT2D eigenvalue weighted by Crippen LogP contribution is -2.53. The van der Waals surface area contributed by atoms with E-state index < -0.39 is 0 Å². The maximum absolute atomic E-state index is 9.37. The normalized spacial score (nSPS) is 24.2. The van der Waals surface area contributed by atoms with E-state index in [1.807, 2.05) is 0 Å². The topological polar surface area (TPSA) is 33.0 Å². The zero-order chi connectivity index (χ0) is 11.2. The lowest BCUT2D eigenvalue weighted by molar-refractivity contribution is -0.0867. The fraction of sp³-hybridized carbons (Fsp3) is 0.500. The van der Waals surface area contributed by atoms with Crippen molar-refractivity contribution in [1.29, 1.82) is 5.26 Å². The first-order chi connectivity index (χ1) is 7.72. The molecule has 0 amide bonds. The average Bonchev–Trinajstić information content (AvgIpc) is 3.01. The van der Waals surface area contributed by atoms with Crippen molar-refractivity contribution in [2.75, 3.05) is 13.2 Å². The molecule has 82 valence electrons. The van der Waals surface area contributed by atoms with Gasteiger partial charge in [-0.05, 0) is 25.3 Å². The van der Waals surface area contributed by atoms with E-state index in [-0.39, 0.29) is 10.8 Å². The van der Waals surface area contributed by atoms with Crippen LogP contribution in [-0.2, 0) is 10.2 Å². The standard InChI is InChI=1S/C14H15NO/c1-11-2-4-12(5-3-11)14(9-16-10-14)13(8-15)6-7-13/h2-5H,6-7,9-10H2,1H3. The highest BCUT2D eigenvalue weighted by molar-refractivity contribution is 5.39. The van der Waals surface area contributed by atoms with Crippen LogP contribution >= 0.6 is 0 Å². The fourth-order valence-electron chi connectivity index (χ4n) is 2.72. The lowest BCUT2D eigenvalue weighted by atomic mass is 9.66. The number of ether oxygens (including phenoxy) is 1. The Morgan fingerprint density at radius 2 is 1.81 bits per heavy atom. The number of benzene rings is 1. The van der Waals surface area contributed by atoms with Gasteiger partial charge >= 0.3 is 0 Å². The predicted octanol–water partition coefficient (Wildman–Crippen LogP) is 2.57. The quantitative estimate of drug-likeness (QED) is 0.756. The third kappa shape index (κ3) is 1.10. The van der Waals surface area contributed by atoms with Gasteiger partial charge in [0.1, 0.15) is 0 Å². The Labute approximate surface area is 95.8 Å². The van der Waals surface area contributed by atoms with Gasteiger partial charge < -0.3 is 4.74 Å². The molecule has 3 rings (SSSR count). The number of aryl methyl sites for hydroxylation is 1. The monoisotopic (exact) mass is 213 g/mol. The van der Waals surface area contributed by atoms with Crippen molar-refractivity contribution in [3.05, 3.63) is 35.4 Å². The van der Waals surface area contributed by atoms with Crippen LogP contribution in [0, 0.1) is 23.7 Å². The molecule has 1 aliphatic carbocycles. The molecule has 0 radical (unpaired) electrons. The molecule has 0 aromatic heterocycles. The first kappa shape index (κ1) is 9.86. The highest BCUT2D eigenvalue weighted by Crippen LogP contribution is 2.61. The van der Waals surface area contributed by atoms with Gasteiger partial charge in [0, 0.05) is 0 Å². The van der Waals surface area contributed by atoms with Crippen LogP contribution in [0.4, 0.5) is 0 Å². The summed E-state index contributed by atoms with van der Waals surface area (Å²) in [7, 11) is 0. The minimum Gasteiger partial charge on any atom is -0.379 e. The molecule has 2 aliphatic rings. The number of rotatable bonds is 2. The highest BCUT2D eigenvalue weighted by Gasteiger charge is 2.64. The number of hydrogen-bond donors (Lipinski definition) is 0. The molecule has 0 N–H and O–H groups in total. The first-order valence-electron chi connectivity index (χ1n) is 5.79. The number of nitriles is 1. The van der Waals surface area contributed by atoms with Crippen molar-refractivity contribution < 1.29 is 4.74 Å². The van der Waals surface area contributed by atoms with Gasteiger partial charge in [0.25, 0.3) is 0 Å². The summed E-state index contributed by atoms with van der Waals surface area (Å²) in [6.07, 6.45) is 2.06. The second-order valence-electron chi connectivity index (χ2n) is 5.13. The van der Waals surface area contributed by atoms with Crippen LogP contribution in [0.15, 0.2) is 24.3 Å². The maximum Gasteiger partial charge on any atom is 0.0716 e. The molecule has 1 aliphatic heterocycles. The summed E-state index contributed by atoms with van der Waals surface area (Å²) in [5, 5.41) is 9.37. The Bertz CT molecular complexity index is 447. The first-order valence-corrected chi connectivity index (χ1v) is 5.79. The molecule has 1 saturated carbocycles. The lowest BCUT2D eigenvalue weighted by Gasteiger charge is -2.45. The Kier molecular flexibility index (Phi) is 1.90. The van der Waals surface area contributed by atoms with Crippen molar-refractivity contribution in [2.24, 2.45) is 5.41 Å². The van der Waals surface area contributed by atoms with E-state index >= 15 is 0 Å². The molecule has 1 aromatic carbocycles. The molecule has 0 bridgehead atoms. The number of nitrogens with zero attached hydrogens (tertiary/aromatic N) is 1. The molecule has 2 fully saturated rings. The van der Waals surface area contributed by atoms with Crippen LogP contribution in [0.2, 0.25) is 0 Å². The van der Waals surface area contributed by atoms with Crippen molar-refractivity contribution in [3.8, 4) is 6.07 Å². The van der Waals surface area contributed by atoms with E-state index in [1.165, 1.54) is 11.1 Å². The van der Waals surface area contributed by atoms with Crippen LogP contribution in [-0.4, -0.2) is 13.2 Å². The molecular weight excluding hydrogens is 198 g/mol. The fourth-order valence-corrected chi connectivity index (χ4v) is 2.72. The summed E-state index contributed by atoms with van der Waals surface area (Å²) in [4.78, 5) is 0. The largest absolute Gasteiger partial charge is 0.379 e. The van der Waals surface area contributed by atoms with Gasteiger partial charge in [-0.3, -0.25) is 0 Å². The van der Waals surface area contributed by atoms with Gasteiger partial charge in [-0.15, -0.1) is 0 Å². The van der Waals surface area contributed by atoms with Crippen LogP contribution < -0.4 is 0 Å². The second-order valence-corrected chi connectivity index (χ2v) is 5.13. The van der Waals surface area contributed by atoms with Gasteiger partial charge in [-0.1, -0.05) is 29.8 Å². The highest BCUT2D eigenvalue weighted by atomic mass is 16.5. The van der Waals surface area contributed by atoms with Crippen molar-refractivity contribution >= 4 is 0 Å². The van der Waals surface area contributed by atoms with Crippen LogP contribution in [0.5, 0.6) is 0 Å². The molecule has 16 heavy (non-hydrogen) atoms. The Balaban J connectivity index is 2.03. The van der Waals surface area contributed by atoms with E-state index in [1.54, 1.807) is 0 Å². The Morgan fingerprint density at radius 1 is 1.19 bits per heavy atom. The molecule has 1 heterocycles. The smallest absolute Gasteiger partial charge is 0.0716 e. The van der Waals surface area contributed by atoms with E-state index in [0.29, 0.717) is 13.2 Å². The molecule has 2 heteroatoms. The SMILES string of the molecule is Cc1ccc(C2(C3(C#N)CC3)COC2)cc1. The minimum absolute atomic E-state index is 0.0184. The average molecular weight is 213 g/mol. The van der Waals surface area contributed by atoms with Crippen LogP contribution in [0.25, 0.3) is 0 Å². The maximum atomic E-state index is 9.37. The minimum atomic E-state index is -0.138. The Morgan fingerprint density at radius 3 is 2.19 bits per heavy atom. The van der Waals surface area contributed by atoms with E-state index in [2.05, 4.69) is 37.3 Å². The summed E-state index contributed by atoms with van der Waals surface area (Å²) in [5.74, 6) is 0. The van der Waals surface area contributed by atoms with Crippen LogP contribution in [0.3, 0.4) is 0 Å². The summed E-state index contributed by atoms with van der Waals surface area (Å²) in [6.45, 7) is 3.51. The molecule has 1 saturated heterocycles. The van der Waals surface area contributed by atoms with Gasteiger partial charge in [0.2, 0.25) is 0 Å².